The second-order valence-electron chi connectivity index (χ2n) is 5.00. The van der Waals surface area contributed by atoms with Crippen LogP contribution >= 0.6 is 0 Å². The molecule has 1 fully saturated rings. The molecule has 112 valence electrons. The van der Waals surface area contributed by atoms with E-state index < -0.39 is 10.0 Å². The molecule has 1 unspecified atom stereocenters. The maximum atomic E-state index is 12.6. The summed E-state index contributed by atoms with van der Waals surface area (Å²) >= 11 is 0. The molecule has 0 aromatic heterocycles. The molecule has 1 saturated heterocycles. The SMILES string of the molecule is CC1CCCCN1S(=O)(=O)c1ccc(OCCO)cc1. The number of piperidine rings is 1. The number of rotatable bonds is 5. The predicted octanol–water partition coefficient (Wildman–Crippen LogP) is 1.62. The predicted molar refractivity (Wildman–Crippen MR) is 76.2 cm³/mol. The lowest BCUT2D eigenvalue weighted by Crippen LogP contribution is -2.41. The third kappa shape index (κ3) is 3.31. The second-order valence-corrected chi connectivity index (χ2v) is 6.89. The summed E-state index contributed by atoms with van der Waals surface area (Å²) in [6, 6.07) is 6.42. The highest BCUT2D eigenvalue weighted by atomic mass is 32.2. The standard InChI is InChI=1S/C14H21NO4S/c1-12-4-2-3-9-15(12)20(17,18)14-7-5-13(6-8-14)19-11-10-16/h5-8,12,16H,2-4,9-11H2,1H3. The molecule has 20 heavy (non-hydrogen) atoms. The highest BCUT2D eigenvalue weighted by Gasteiger charge is 2.30. The molecule has 1 aromatic carbocycles. The summed E-state index contributed by atoms with van der Waals surface area (Å²) in [6.07, 6.45) is 2.92. The van der Waals surface area contributed by atoms with Crippen LogP contribution in [0.5, 0.6) is 5.75 Å². The fourth-order valence-electron chi connectivity index (χ4n) is 2.44. The van der Waals surface area contributed by atoms with Gasteiger partial charge in [-0.2, -0.15) is 4.31 Å². The highest BCUT2D eigenvalue weighted by molar-refractivity contribution is 7.89. The average molecular weight is 299 g/mol. The Hall–Kier alpha value is -1.11. The van der Waals surface area contributed by atoms with E-state index in [9.17, 15) is 8.42 Å². The zero-order chi connectivity index (χ0) is 14.6. The molecule has 0 radical (unpaired) electrons. The summed E-state index contributed by atoms with van der Waals surface area (Å²) in [7, 11) is -3.42. The molecule has 6 heteroatoms. The monoisotopic (exact) mass is 299 g/mol. The normalized spacial score (nSPS) is 20.8. The van der Waals surface area contributed by atoms with Gasteiger partial charge in [0.25, 0.3) is 0 Å². The van der Waals surface area contributed by atoms with Gasteiger partial charge >= 0.3 is 0 Å². The van der Waals surface area contributed by atoms with Gasteiger partial charge in [-0.25, -0.2) is 8.42 Å². The summed E-state index contributed by atoms with van der Waals surface area (Å²) in [5.74, 6) is 0.560. The van der Waals surface area contributed by atoms with Crippen molar-refractivity contribution in [2.45, 2.75) is 37.1 Å². The van der Waals surface area contributed by atoms with Crippen LogP contribution in [-0.4, -0.2) is 43.6 Å². The van der Waals surface area contributed by atoms with E-state index in [2.05, 4.69) is 0 Å². The Bertz CT molecular complexity index is 527. The van der Waals surface area contributed by atoms with E-state index in [0.717, 1.165) is 19.3 Å². The largest absolute Gasteiger partial charge is 0.491 e. The van der Waals surface area contributed by atoms with Crippen LogP contribution in [-0.2, 0) is 10.0 Å². The molecule has 0 saturated carbocycles. The second kappa shape index (κ2) is 6.56. The molecule has 1 aromatic rings. The van der Waals surface area contributed by atoms with Crippen LogP contribution < -0.4 is 4.74 Å². The smallest absolute Gasteiger partial charge is 0.243 e. The van der Waals surface area contributed by atoms with Crippen molar-refractivity contribution in [2.24, 2.45) is 0 Å². The van der Waals surface area contributed by atoms with E-state index in [1.165, 1.54) is 0 Å². The molecule has 0 aliphatic carbocycles. The van der Waals surface area contributed by atoms with Gasteiger partial charge in [0.05, 0.1) is 11.5 Å². The molecule has 5 nitrogen and oxygen atoms in total. The minimum absolute atomic E-state index is 0.0547. The van der Waals surface area contributed by atoms with Crippen molar-refractivity contribution in [1.29, 1.82) is 0 Å². The summed E-state index contributed by atoms with van der Waals surface area (Å²) in [5, 5.41) is 8.68. The van der Waals surface area contributed by atoms with Gasteiger partial charge in [0.2, 0.25) is 10.0 Å². The first-order valence-electron chi connectivity index (χ1n) is 6.91. The molecule has 2 rings (SSSR count). The minimum atomic E-state index is -3.42. The average Bonchev–Trinajstić information content (AvgIpc) is 2.46. The van der Waals surface area contributed by atoms with Crippen LogP contribution in [0.15, 0.2) is 29.2 Å². The zero-order valence-electron chi connectivity index (χ0n) is 11.7. The van der Waals surface area contributed by atoms with Crippen LogP contribution in [0.1, 0.15) is 26.2 Å². The van der Waals surface area contributed by atoms with Gasteiger partial charge in [-0.3, -0.25) is 0 Å². The molecule has 1 aliphatic rings. The van der Waals surface area contributed by atoms with Gasteiger partial charge in [-0.05, 0) is 44.0 Å². The summed E-state index contributed by atoms with van der Waals surface area (Å²) in [6.45, 7) is 2.68. The van der Waals surface area contributed by atoms with E-state index >= 15 is 0 Å². The number of nitrogens with zero attached hydrogens (tertiary/aromatic N) is 1. The van der Waals surface area contributed by atoms with Crippen molar-refractivity contribution in [2.75, 3.05) is 19.8 Å². The van der Waals surface area contributed by atoms with Gasteiger partial charge in [0.1, 0.15) is 12.4 Å². The number of hydrogen-bond donors (Lipinski definition) is 1. The Morgan fingerprint density at radius 2 is 2.00 bits per heavy atom. The number of benzene rings is 1. The summed E-state index contributed by atoms with van der Waals surface area (Å²) in [5.41, 5.74) is 0. The van der Waals surface area contributed by atoms with Crippen molar-refractivity contribution in [1.82, 2.24) is 4.31 Å². The molecule has 1 N–H and O–H groups in total. The molecule has 1 aliphatic heterocycles. The van der Waals surface area contributed by atoms with Crippen molar-refractivity contribution in [3.63, 3.8) is 0 Å². The number of hydrogen-bond acceptors (Lipinski definition) is 4. The Labute approximate surface area is 120 Å². The lowest BCUT2D eigenvalue weighted by Gasteiger charge is -2.32. The van der Waals surface area contributed by atoms with Crippen molar-refractivity contribution < 1.29 is 18.3 Å². The first kappa shape index (κ1) is 15.3. The van der Waals surface area contributed by atoms with Gasteiger partial charge in [-0.15, -0.1) is 0 Å². The fourth-order valence-corrected chi connectivity index (χ4v) is 4.14. The Morgan fingerprint density at radius 3 is 2.60 bits per heavy atom. The number of aliphatic hydroxyl groups excluding tert-OH is 1. The van der Waals surface area contributed by atoms with E-state index in [1.54, 1.807) is 28.6 Å². The third-order valence-corrected chi connectivity index (χ3v) is 5.56. The maximum absolute atomic E-state index is 12.6. The van der Waals surface area contributed by atoms with E-state index in [0.29, 0.717) is 17.2 Å². The highest BCUT2D eigenvalue weighted by Crippen LogP contribution is 2.26. The topological polar surface area (TPSA) is 66.8 Å². The number of ether oxygens (including phenoxy) is 1. The van der Waals surface area contributed by atoms with E-state index in [4.69, 9.17) is 9.84 Å². The quantitative estimate of drug-likeness (QED) is 0.897. The van der Waals surface area contributed by atoms with Crippen LogP contribution in [0.3, 0.4) is 0 Å². The third-order valence-electron chi connectivity index (χ3n) is 3.53. The number of sulfonamides is 1. The first-order valence-corrected chi connectivity index (χ1v) is 8.35. The van der Waals surface area contributed by atoms with Gasteiger partial charge in [0.15, 0.2) is 0 Å². The molecule has 0 spiro atoms. The van der Waals surface area contributed by atoms with Crippen molar-refractivity contribution in [3.05, 3.63) is 24.3 Å². The van der Waals surface area contributed by atoms with Crippen molar-refractivity contribution in [3.8, 4) is 5.75 Å². The Kier molecular flexibility index (Phi) is 5.01. The van der Waals surface area contributed by atoms with Crippen LogP contribution in [0, 0.1) is 0 Å². The van der Waals surface area contributed by atoms with Gasteiger partial charge in [0, 0.05) is 12.6 Å². The Morgan fingerprint density at radius 1 is 1.30 bits per heavy atom. The van der Waals surface area contributed by atoms with Crippen LogP contribution in [0.4, 0.5) is 0 Å². The molecule has 1 atom stereocenters. The molecular weight excluding hydrogens is 278 g/mol. The molecular formula is C14H21NO4S. The zero-order valence-corrected chi connectivity index (χ0v) is 12.5. The summed E-state index contributed by atoms with van der Waals surface area (Å²) in [4.78, 5) is 0.294. The number of aliphatic hydroxyl groups is 1. The maximum Gasteiger partial charge on any atom is 0.243 e. The van der Waals surface area contributed by atoms with Crippen LogP contribution in [0.2, 0.25) is 0 Å². The van der Waals surface area contributed by atoms with Crippen LogP contribution in [0.25, 0.3) is 0 Å². The van der Waals surface area contributed by atoms with Gasteiger partial charge in [-0.1, -0.05) is 6.42 Å². The minimum Gasteiger partial charge on any atom is -0.491 e. The Balaban J connectivity index is 2.16. The molecule has 0 amide bonds. The fraction of sp³-hybridized carbons (Fsp3) is 0.571. The lowest BCUT2D eigenvalue weighted by atomic mass is 10.1. The van der Waals surface area contributed by atoms with Gasteiger partial charge < -0.3 is 9.84 Å². The summed E-state index contributed by atoms with van der Waals surface area (Å²) < 4.78 is 32.0. The lowest BCUT2D eigenvalue weighted by molar-refractivity contribution is 0.201. The van der Waals surface area contributed by atoms with E-state index in [-0.39, 0.29) is 19.3 Å². The molecule has 1 heterocycles. The van der Waals surface area contributed by atoms with Crippen molar-refractivity contribution >= 4 is 10.0 Å². The first-order chi connectivity index (χ1) is 9.55. The molecule has 0 bridgehead atoms. The van der Waals surface area contributed by atoms with E-state index in [1.807, 2.05) is 6.92 Å².